The second-order valence-corrected chi connectivity index (χ2v) is 7.03. The monoisotopic (exact) mass is 257 g/mol. The van der Waals surface area contributed by atoms with Crippen molar-refractivity contribution in [2.75, 3.05) is 13.2 Å². The summed E-state index contributed by atoms with van der Waals surface area (Å²) in [4.78, 5) is 0. The molecule has 0 saturated heterocycles. The average molecular weight is 257 g/mol. The maximum absolute atomic E-state index is 9.38. The van der Waals surface area contributed by atoms with Crippen molar-refractivity contribution in [2.24, 2.45) is 17.3 Å². The minimum Gasteiger partial charge on any atom is -0.395 e. The van der Waals surface area contributed by atoms with Crippen molar-refractivity contribution >= 4 is 0 Å². The van der Waals surface area contributed by atoms with Gasteiger partial charge in [0.25, 0.3) is 0 Å². The number of aliphatic hydroxyl groups excluding tert-OH is 1. The molecule has 18 heavy (non-hydrogen) atoms. The molecule has 3 nitrogen and oxygen atoms in total. The number of ether oxygens (including phenoxy) is 1. The molecular weight excluding hydrogens is 226 g/mol. The van der Waals surface area contributed by atoms with Gasteiger partial charge >= 0.3 is 0 Å². The number of hydrogen-bond donors (Lipinski definition) is 2. The zero-order chi connectivity index (χ0) is 13.9. The molecule has 1 fully saturated rings. The van der Waals surface area contributed by atoms with Crippen LogP contribution in [0, 0.1) is 17.3 Å². The van der Waals surface area contributed by atoms with Crippen LogP contribution >= 0.6 is 0 Å². The van der Waals surface area contributed by atoms with Crippen LogP contribution in [-0.2, 0) is 4.74 Å². The lowest BCUT2D eigenvalue weighted by atomic mass is 9.64. The third kappa shape index (κ3) is 3.69. The van der Waals surface area contributed by atoms with Gasteiger partial charge in [-0.1, -0.05) is 41.5 Å². The summed E-state index contributed by atoms with van der Waals surface area (Å²) >= 11 is 0. The van der Waals surface area contributed by atoms with Gasteiger partial charge in [-0.15, -0.1) is 0 Å². The Morgan fingerprint density at radius 1 is 1.28 bits per heavy atom. The number of aliphatic hydroxyl groups is 1. The standard InChI is InChI=1S/C15H31NO2/c1-10(2)9-18-14-7-13(15(14,5)6)16-12(8-17)11(3)4/h10-14,16-17H,7-9H2,1-6H3/t12-,13?,14?/m1/s1. The van der Waals surface area contributed by atoms with Crippen molar-refractivity contribution in [1.29, 1.82) is 0 Å². The van der Waals surface area contributed by atoms with Crippen LogP contribution in [0.2, 0.25) is 0 Å². The van der Waals surface area contributed by atoms with Gasteiger partial charge in [-0.3, -0.25) is 0 Å². The van der Waals surface area contributed by atoms with Gasteiger partial charge in [0.15, 0.2) is 0 Å². The van der Waals surface area contributed by atoms with Crippen molar-refractivity contribution < 1.29 is 9.84 Å². The Morgan fingerprint density at radius 2 is 1.89 bits per heavy atom. The lowest BCUT2D eigenvalue weighted by Crippen LogP contribution is -2.64. The largest absolute Gasteiger partial charge is 0.395 e. The number of rotatable bonds is 7. The van der Waals surface area contributed by atoms with E-state index in [0.717, 1.165) is 13.0 Å². The Balaban J connectivity index is 2.43. The molecule has 0 bridgehead atoms. The summed E-state index contributed by atoms with van der Waals surface area (Å²) in [7, 11) is 0. The predicted molar refractivity (Wildman–Crippen MR) is 75.6 cm³/mol. The van der Waals surface area contributed by atoms with E-state index in [2.05, 4.69) is 46.9 Å². The zero-order valence-electron chi connectivity index (χ0n) is 12.9. The quantitative estimate of drug-likeness (QED) is 0.736. The molecule has 0 heterocycles. The minimum absolute atomic E-state index is 0.164. The van der Waals surface area contributed by atoms with E-state index in [9.17, 15) is 5.11 Å². The van der Waals surface area contributed by atoms with Crippen LogP contribution in [0.5, 0.6) is 0 Å². The topological polar surface area (TPSA) is 41.5 Å². The summed E-state index contributed by atoms with van der Waals surface area (Å²) < 4.78 is 5.96. The summed E-state index contributed by atoms with van der Waals surface area (Å²) in [6, 6.07) is 0.648. The summed E-state index contributed by atoms with van der Waals surface area (Å²) in [5, 5.41) is 13.0. The van der Waals surface area contributed by atoms with Crippen LogP contribution in [0.25, 0.3) is 0 Å². The van der Waals surface area contributed by atoms with Gasteiger partial charge in [0, 0.05) is 24.1 Å². The fourth-order valence-electron chi connectivity index (χ4n) is 2.47. The summed E-state index contributed by atoms with van der Waals surface area (Å²) in [5.41, 5.74) is 0.164. The Labute approximate surface area is 112 Å². The van der Waals surface area contributed by atoms with Gasteiger partial charge in [-0.2, -0.15) is 0 Å². The fourth-order valence-corrected chi connectivity index (χ4v) is 2.47. The Hall–Kier alpha value is -0.120. The van der Waals surface area contributed by atoms with Crippen LogP contribution in [0.3, 0.4) is 0 Å². The van der Waals surface area contributed by atoms with Crippen molar-refractivity contribution in [2.45, 2.75) is 66.2 Å². The summed E-state index contributed by atoms with van der Waals surface area (Å²) in [6.07, 6.45) is 1.41. The first-order valence-electron chi connectivity index (χ1n) is 7.27. The van der Waals surface area contributed by atoms with Gasteiger partial charge in [-0.25, -0.2) is 0 Å². The molecule has 0 aromatic rings. The van der Waals surface area contributed by atoms with Crippen LogP contribution < -0.4 is 5.32 Å². The first-order chi connectivity index (χ1) is 8.28. The van der Waals surface area contributed by atoms with Crippen LogP contribution in [0.15, 0.2) is 0 Å². The van der Waals surface area contributed by atoms with Gasteiger partial charge in [0.05, 0.1) is 12.7 Å². The lowest BCUT2D eigenvalue weighted by molar-refractivity contribution is -0.127. The molecule has 1 aliphatic rings. The van der Waals surface area contributed by atoms with Crippen molar-refractivity contribution in [3.63, 3.8) is 0 Å². The normalized spacial score (nSPS) is 28.5. The molecule has 0 aromatic carbocycles. The molecule has 1 aliphatic carbocycles. The molecule has 0 aliphatic heterocycles. The Bertz CT molecular complexity index is 251. The van der Waals surface area contributed by atoms with E-state index in [1.807, 2.05) is 0 Å². The molecule has 1 rings (SSSR count). The third-order valence-corrected chi connectivity index (χ3v) is 4.23. The second kappa shape index (κ2) is 6.36. The number of hydrogen-bond acceptors (Lipinski definition) is 3. The highest BCUT2D eigenvalue weighted by molar-refractivity contribution is 5.03. The zero-order valence-corrected chi connectivity index (χ0v) is 12.9. The third-order valence-electron chi connectivity index (χ3n) is 4.23. The van der Waals surface area contributed by atoms with E-state index in [1.54, 1.807) is 0 Å². The second-order valence-electron chi connectivity index (χ2n) is 7.03. The molecule has 0 radical (unpaired) electrons. The molecule has 108 valence electrons. The van der Waals surface area contributed by atoms with E-state index < -0.39 is 0 Å². The number of nitrogens with one attached hydrogen (secondary N) is 1. The molecule has 3 atom stereocenters. The molecular formula is C15H31NO2. The predicted octanol–water partition coefficient (Wildman–Crippen LogP) is 2.43. The minimum atomic E-state index is 0.164. The maximum atomic E-state index is 9.38. The molecule has 1 saturated carbocycles. The van der Waals surface area contributed by atoms with Crippen LogP contribution in [0.1, 0.15) is 48.0 Å². The smallest absolute Gasteiger partial charge is 0.0656 e. The van der Waals surface area contributed by atoms with E-state index in [-0.39, 0.29) is 18.1 Å². The fraction of sp³-hybridized carbons (Fsp3) is 1.00. The Kier molecular flexibility index (Phi) is 5.63. The highest BCUT2D eigenvalue weighted by Crippen LogP contribution is 2.43. The van der Waals surface area contributed by atoms with Crippen molar-refractivity contribution in [1.82, 2.24) is 5.32 Å². The summed E-state index contributed by atoms with van der Waals surface area (Å²) in [5.74, 6) is 1.05. The SMILES string of the molecule is CC(C)COC1CC(N[C@H](CO)C(C)C)C1(C)C. The van der Waals surface area contributed by atoms with Gasteiger partial charge < -0.3 is 15.2 Å². The first kappa shape index (κ1) is 15.9. The molecule has 0 spiro atoms. The van der Waals surface area contributed by atoms with E-state index >= 15 is 0 Å². The van der Waals surface area contributed by atoms with Crippen LogP contribution in [0.4, 0.5) is 0 Å². The highest BCUT2D eigenvalue weighted by atomic mass is 16.5. The van der Waals surface area contributed by atoms with E-state index in [1.165, 1.54) is 0 Å². The van der Waals surface area contributed by atoms with Gasteiger partial charge in [0.1, 0.15) is 0 Å². The maximum Gasteiger partial charge on any atom is 0.0656 e. The van der Waals surface area contributed by atoms with Crippen molar-refractivity contribution in [3.8, 4) is 0 Å². The molecule has 0 aromatic heterocycles. The van der Waals surface area contributed by atoms with Gasteiger partial charge in [0.2, 0.25) is 0 Å². The Morgan fingerprint density at radius 3 is 2.28 bits per heavy atom. The first-order valence-corrected chi connectivity index (χ1v) is 7.27. The molecule has 0 amide bonds. The molecule has 3 heteroatoms. The lowest BCUT2D eigenvalue weighted by Gasteiger charge is -2.53. The molecule has 2 N–H and O–H groups in total. The highest BCUT2D eigenvalue weighted by Gasteiger charge is 2.49. The van der Waals surface area contributed by atoms with E-state index in [0.29, 0.717) is 24.0 Å². The van der Waals surface area contributed by atoms with Gasteiger partial charge in [-0.05, 0) is 18.3 Å². The van der Waals surface area contributed by atoms with Crippen molar-refractivity contribution in [3.05, 3.63) is 0 Å². The van der Waals surface area contributed by atoms with Crippen LogP contribution in [-0.4, -0.2) is 36.5 Å². The summed E-state index contributed by atoms with van der Waals surface area (Å²) in [6.45, 7) is 14.2. The molecule has 2 unspecified atom stereocenters. The van der Waals surface area contributed by atoms with E-state index in [4.69, 9.17) is 4.74 Å². The average Bonchev–Trinajstić information content (AvgIpc) is 2.26.